The lowest BCUT2D eigenvalue weighted by Gasteiger charge is -2.33. The molecule has 4 heterocycles. The standard InChI is InChI=1S/C23H31F2N7O.C5H9NO.C2H6.CHF3/c1-5-31-19(8-11-26-31)22(33)28-21(16-6-9-23(24,25)10-7-16)18-14-32-20(27-18)12-17(13-30(3)4)15(2)29-32;7-5-3-1-2-4-6-5;1-2;2-1(3)4/h8,11-12,14,16,21H,5-7,9-10,13H2,1-4H3,(H,28,33);1-4H2,(H,6,7);1-2H3;1H. The summed E-state index contributed by atoms with van der Waals surface area (Å²) in [5.74, 6) is -2.86. The number of hydrogen-bond acceptors (Lipinski definition) is 6. The van der Waals surface area contributed by atoms with Crippen molar-refractivity contribution in [3.05, 3.63) is 47.2 Å². The molecular weight excluding hydrogens is 611 g/mol. The third-order valence-corrected chi connectivity index (χ3v) is 7.49. The summed E-state index contributed by atoms with van der Waals surface area (Å²) >= 11 is 0. The second-order valence-electron chi connectivity index (χ2n) is 11.2. The van der Waals surface area contributed by atoms with Gasteiger partial charge in [-0.05, 0) is 77.2 Å². The number of carbonyl (C=O) groups is 2. The first-order chi connectivity index (χ1) is 21.8. The molecule has 15 heteroatoms. The van der Waals surface area contributed by atoms with Gasteiger partial charge in [0.2, 0.25) is 11.8 Å². The molecule has 3 aromatic heterocycles. The van der Waals surface area contributed by atoms with Crippen molar-refractivity contribution in [2.45, 2.75) is 104 Å². The molecule has 2 N–H and O–H groups in total. The molecule has 0 bridgehead atoms. The topological polar surface area (TPSA) is 109 Å². The van der Waals surface area contributed by atoms with E-state index in [1.54, 1.807) is 27.7 Å². The molecule has 46 heavy (non-hydrogen) atoms. The number of aryl methyl sites for hydroxylation is 2. The van der Waals surface area contributed by atoms with Crippen LogP contribution < -0.4 is 10.6 Å². The summed E-state index contributed by atoms with van der Waals surface area (Å²) in [4.78, 5) is 30.3. The number of halogens is 5. The minimum atomic E-state index is -3.67. The zero-order chi connectivity index (χ0) is 34.4. The minimum Gasteiger partial charge on any atom is -0.356 e. The van der Waals surface area contributed by atoms with Gasteiger partial charge in [-0.1, -0.05) is 13.8 Å². The molecule has 1 unspecified atom stereocenters. The predicted molar refractivity (Wildman–Crippen MR) is 165 cm³/mol. The number of piperidine rings is 1. The summed E-state index contributed by atoms with van der Waals surface area (Å²) in [6, 6.07) is 3.16. The molecule has 0 aromatic carbocycles. The Kier molecular flexibility index (Phi) is 15.5. The largest absolute Gasteiger partial charge is 0.379 e. The van der Waals surface area contributed by atoms with E-state index in [0.29, 0.717) is 36.4 Å². The number of rotatable bonds is 7. The lowest BCUT2D eigenvalue weighted by Crippen LogP contribution is -2.38. The monoisotopic (exact) mass is 658 g/mol. The van der Waals surface area contributed by atoms with Crippen LogP contribution in [0.1, 0.15) is 99.2 Å². The van der Waals surface area contributed by atoms with Gasteiger partial charge in [0.15, 0.2) is 5.65 Å². The molecule has 1 saturated carbocycles. The maximum atomic E-state index is 13.9. The van der Waals surface area contributed by atoms with Crippen molar-refractivity contribution in [2.75, 3.05) is 20.6 Å². The Labute approximate surface area is 267 Å². The SMILES string of the molecule is CC.CCn1nccc1C(=O)NC(c1cn2nc(C)c(CN(C)C)cc2n1)C1CCC(F)(F)CC1.FC(F)F.O=C1CCCCN1. The number of carbonyl (C=O) groups excluding carboxylic acids is 2. The van der Waals surface area contributed by atoms with Crippen LogP contribution in [0.2, 0.25) is 0 Å². The van der Waals surface area contributed by atoms with E-state index in [1.807, 2.05) is 47.9 Å². The fourth-order valence-electron chi connectivity index (χ4n) is 5.27. The van der Waals surface area contributed by atoms with Crippen LogP contribution in [0.15, 0.2) is 24.5 Å². The van der Waals surface area contributed by atoms with Crippen LogP contribution in [0.4, 0.5) is 22.0 Å². The highest BCUT2D eigenvalue weighted by atomic mass is 19.4. The van der Waals surface area contributed by atoms with E-state index in [1.165, 1.54) is 0 Å². The molecule has 2 aliphatic rings. The van der Waals surface area contributed by atoms with E-state index in [-0.39, 0.29) is 30.6 Å². The van der Waals surface area contributed by atoms with Crippen molar-refractivity contribution in [2.24, 2.45) is 5.92 Å². The highest BCUT2D eigenvalue weighted by molar-refractivity contribution is 5.92. The van der Waals surface area contributed by atoms with Gasteiger partial charge in [-0.2, -0.15) is 23.4 Å². The van der Waals surface area contributed by atoms with Crippen molar-refractivity contribution < 1.29 is 31.5 Å². The minimum absolute atomic E-state index is 0.140. The highest BCUT2D eigenvalue weighted by Crippen LogP contribution is 2.41. The Hall–Kier alpha value is -3.62. The van der Waals surface area contributed by atoms with Crippen LogP contribution >= 0.6 is 0 Å². The van der Waals surface area contributed by atoms with Crippen LogP contribution in [0.3, 0.4) is 0 Å². The van der Waals surface area contributed by atoms with E-state index < -0.39 is 18.6 Å². The Morgan fingerprint density at radius 1 is 1.17 bits per heavy atom. The van der Waals surface area contributed by atoms with Crippen LogP contribution in [0.25, 0.3) is 5.65 Å². The van der Waals surface area contributed by atoms with E-state index in [4.69, 9.17) is 4.98 Å². The molecule has 0 spiro atoms. The number of nitrogens with one attached hydrogen (secondary N) is 2. The second-order valence-corrected chi connectivity index (χ2v) is 11.2. The van der Waals surface area contributed by atoms with E-state index in [0.717, 1.165) is 43.6 Å². The van der Waals surface area contributed by atoms with Gasteiger partial charge < -0.3 is 15.5 Å². The van der Waals surface area contributed by atoms with Crippen molar-refractivity contribution in [3.63, 3.8) is 0 Å². The maximum absolute atomic E-state index is 13.9. The lowest BCUT2D eigenvalue weighted by atomic mass is 9.81. The predicted octanol–water partition coefficient (Wildman–Crippen LogP) is 6.10. The molecule has 1 saturated heterocycles. The van der Waals surface area contributed by atoms with Gasteiger partial charge in [-0.25, -0.2) is 18.3 Å². The van der Waals surface area contributed by atoms with Crippen molar-refractivity contribution in [3.8, 4) is 0 Å². The molecule has 1 atom stereocenters. The smallest absolute Gasteiger partial charge is 0.356 e. The van der Waals surface area contributed by atoms with Crippen LogP contribution in [-0.2, 0) is 17.9 Å². The summed E-state index contributed by atoms with van der Waals surface area (Å²) in [5, 5.41) is 14.6. The van der Waals surface area contributed by atoms with Crippen molar-refractivity contribution >= 4 is 17.5 Å². The zero-order valence-electron chi connectivity index (χ0n) is 27.5. The molecular formula is C31H47F5N8O2. The lowest BCUT2D eigenvalue weighted by molar-refractivity contribution is -0.122. The number of nitrogens with zero attached hydrogens (tertiary/aromatic N) is 6. The summed E-state index contributed by atoms with van der Waals surface area (Å²) < 4.78 is 60.0. The molecule has 1 aliphatic carbocycles. The Morgan fingerprint density at radius 3 is 2.35 bits per heavy atom. The Morgan fingerprint density at radius 2 is 1.83 bits per heavy atom. The molecule has 10 nitrogen and oxygen atoms in total. The fraction of sp³-hybridized carbons (Fsp3) is 0.645. The highest BCUT2D eigenvalue weighted by Gasteiger charge is 2.39. The number of amides is 2. The van der Waals surface area contributed by atoms with Gasteiger partial charge in [0.05, 0.1) is 23.6 Å². The third kappa shape index (κ3) is 12.0. The number of hydrogen-bond donors (Lipinski definition) is 2. The van der Waals surface area contributed by atoms with Gasteiger partial charge in [0.25, 0.3) is 5.91 Å². The van der Waals surface area contributed by atoms with Crippen LogP contribution in [0, 0.1) is 12.8 Å². The van der Waals surface area contributed by atoms with Gasteiger partial charge >= 0.3 is 6.68 Å². The van der Waals surface area contributed by atoms with Gasteiger partial charge in [-0.15, -0.1) is 0 Å². The zero-order valence-corrected chi connectivity index (χ0v) is 27.5. The van der Waals surface area contributed by atoms with E-state index in [9.17, 15) is 31.5 Å². The third-order valence-electron chi connectivity index (χ3n) is 7.49. The first kappa shape index (κ1) is 38.6. The van der Waals surface area contributed by atoms with Crippen LogP contribution in [-0.4, -0.2) is 74.3 Å². The fourth-order valence-corrected chi connectivity index (χ4v) is 5.27. The summed E-state index contributed by atoms with van der Waals surface area (Å²) in [6.07, 6.45) is 6.62. The Bertz CT molecular complexity index is 1360. The molecule has 2 fully saturated rings. The normalized spacial score (nSPS) is 16.8. The summed E-state index contributed by atoms with van der Waals surface area (Å²) in [7, 11) is 3.98. The summed E-state index contributed by atoms with van der Waals surface area (Å²) in [5.41, 5.74) is 3.70. The van der Waals surface area contributed by atoms with E-state index in [2.05, 4.69) is 25.7 Å². The molecule has 3 aromatic rings. The van der Waals surface area contributed by atoms with Gasteiger partial charge in [0.1, 0.15) is 5.69 Å². The van der Waals surface area contributed by atoms with Crippen molar-refractivity contribution in [1.82, 2.24) is 39.9 Å². The number of alkyl halides is 5. The molecule has 2 amide bonds. The van der Waals surface area contributed by atoms with Gasteiger partial charge in [-0.3, -0.25) is 14.3 Å². The number of imidazole rings is 1. The molecule has 5 rings (SSSR count). The van der Waals surface area contributed by atoms with Crippen molar-refractivity contribution in [1.29, 1.82) is 0 Å². The summed E-state index contributed by atoms with van der Waals surface area (Å²) in [6.45, 7) is 6.37. The molecule has 258 valence electrons. The quantitative estimate of drug-likeness (QED) is 0.297. The first-order valence-corrected chi connectivity index (χ1v) is 15.7. The average Bonchev–Trinajstić information content (AvgIpc) is 3.64. The second kappa shape index (κ2) is 18.5. The van der Waals surface area contributed by atoms with Crippen LogP contribution in [0.5, 0.6) is 0 Å². The maximum Gasteiger partial charge on any atom is 0.379 e. The number of fused-ring (bicyclic) bond motifs is 1. The van der Waals surface area contributed by atoms with Gasteiger partial charge in [0, 0.05) is 45.1 Å². The molecule has 0 radical (unpaired) electrons. The Balaban J connectivity index is 0.000000477. The number of aromatic nitrogens is 5. The first-order valence-electron chi connectivity index (χ1n) is 15.7. The molecule has 1 aliphatic heterocycles. The average molecular weight is 659 g/mol. The van der Waals surface area contributed by atoms with E-state index >= 15 is 0 Å².